The molecule has 1 aliphatic rings. The molecule has 1 aliphatic heterocycles. The van der Waals surface area contributed by atoms with Gasteiger partial charge in [0, 0.05) is 18.8 Å². The number of nitrogens with one attached hydrogen (secondary N) is 1. The van der Waals surface area contributed by atoms with E-state index in [4.69, 9.17) is 13.9 Å². The van der Waals surface area contributed by atoms with Gasteiger partial charge in [0.2, 0.25) is 6.79 Å². The Morgan fingerprint density at radius 3 is 2.79 bits per heavy atom. The van der Waals surface area contributed by atoms with Gasteiger partial charge in [-0.3, -0.25) is 4.79 Å². The van der Waals surface area contributed by atoms with Gasteiger partial charge in [0.15, 0.2) is 17.3 Å². The van der Waals surface area contributed by atoms with Crippen molar-refractivity contribution >= 4 is 17.4 Å². The number of fused-ring (bicyclic) bond motifs is 1. The molecular formula is C24H19FN4O4. The van der Waals surface area contributed by atoms with Crippen LogP contribution in [0.2, 0.25) is 0 Å². The number of carbonyl (C=O) groups is 1. The van der Waals surface area contributed by atoms with Crippen LogP contribution in [0.3, 0.4) is 0 Å². The Bertz CT molecular complexity index is 1310. The number of nitrogens with zero attached hydrogens (tertiary/aromatic N) is 3. The first kappa shape index (κ1) is 20.5. The largest absolute Gasteiger partial charge is 0.467 e. The first-order valence-corrected chi connectivity index (χ1v) is 10.1. The van der Waals surface area contributed by atoms with E-state index in [0.29, 0.717) is 28.6 Å². The third-order valence-corrected chi connectivity index (χ3v) is 5.10. The summed E-state index contributed by atoms with van der Waals surface area (Å²) in [7, 11) is 1.64. The predicted octanol–water partition coefficient (Wildman–Crippen LogP) is 4.62. The summed E-state index contributed by atoms with van der Waals surface area (Å²) in [4.78, 5) is 23.6. The van der Waals surface area contributed by atoms with Crippen LogP contribution in [0.5, 0.6) is 11.5 Å². The summed E-state index contributed by atoms with van der Waals surface area (Å²) in [5.41, 5.74) is 1.05. The molecule has 0 unspecified atom stereocenters. The lowest BCUT2D eigenvalue weighted by Crippen LogP contribution is -2.27. The molecule has 1 amide bonds. The van der Waals surface area contributed by atoms with Crippen molar-refractivity contribution in [3.63, 3.8) is 0 Å². The summed E-state index contributed by atoms with van der Waals surface area (Å²) in [5, 5.41) is 2.94. The molecule has 0 saturated heterocycles. The predicted molar refractivity (Wildman–Crippen MR) is 118 cm³/mol. The molecule has 0 fully saturated rings. The standard InChI is InChI=1S/C24H19FN4O4/c1-29(13-16-5-4-10-31-16)24(30)17-12-26-22(15-8-9-20-21(11-15)33-14-32-20)28-23(17)27-19-7-3-2-6-18(19)25/h2-12H,13-14H2,1H3,(H,26,27,28). The number of hydrogen-bond acceptors (Lipinski definition) is 7. The van der Waals surface area contributed by atoms with Crippen LogP contribution in [0.4, 0.5) is 15.9 Å². The maximum atomic E-state index is 14.3. The monoisotopic (exact) mass is 446 g/mol. The summed E-state index contributed by atoms with van der Waals surface area (Å²) >= 11 is 0. The van der Waals surface area contributed by atoms with Crippen molar-refractivity contribution in [3.8, 4) is 22.9 Å². The highest BCUT2D eigenvalue weighted by Crippen LogP contribution is 2.35. The van der Waals surface area contributed by atoms with E-state index in [1.807, 2.05) is 0 Å². The fourth-order valence-corrected chi connectivity index (χ4v) is 3.41. The van der Waals surface area contributed by atoms with Crippen molar-refractivity contribution in [1.29, 1.82) is 0 Å². The van der Waals surface area contributed by atoms with E-state index >= 15 is 0 Å². The van der Waals surface area contributed by atoms with E-state index in [9.17, 15) is 9.18 Å². The second-order valence-electron chi connectivity index (χ2n) is 7.37. The number of hydrogen-bond donors (Lipinski definition) is 1. The molecule has 0 atom stereocenters. The Labute approximate surface area is 188 Å². The minimum absolute atomic E-state index is 0.148. The molecule has 1 N–H and O–H groups in total. The number of furan rings is 1. The Hall–Kier alpha value is -4.40. The van der Waals surface area contributed by atoms with Crippen LogP contribution < -0.4 is 14.8 Å². The average Bonchev–Trinajstić information content (AvgIpc) is 3.51. The van der Waals surface area contributed by atoms with Crippen molar-refractivity contribution in [2.45, 2.75) is 6.54 Å². The number of para-hydroxylation sites is 1. The zero-order valence-corrected chi connectivity index (χ0v) is 17.6. The van der Waals surface area contributed by atoms with Gasteiger partial charge in [-0.1, -0.05) is 12.1 Å². The number of carbonyl (C=O) groups excluding carboxylic acids is 1. The van der Waals surface area contributed by atoms with Gasteiger partial charge in [0.05, 0.1) is 18.5 Å². The van der Waals surface area contributed by atoms with Crippen LogP contribution in [-0.2, 0) is 6.54 Å². The molecule has 2 aromatic heterocycles. The molecule has 166 valence electrons. The molecule has 8 nitrogen and oxygen atoms in total. The fraction of sp³-hybridized carbons (Fsp3) is 0.125. The normalized spacial score (nSPS) is 11.9. The zero-order chi connectivity index (χ0) is 22.8. The smallest absolute Gasteiger partial charge is 0.259 e. The average molecular weight is 446 g/mol. The van der Waals surface area contributed by atoms with Crippen LogP contribution in [0.15, 0.2) is 71.5 Å². The quantitative estimate of drug-likeness (QED) is 0.462. The van der Waals surface area contributed by atoms with Crippen molar-refractivity contribution < 1.29 is 23.1 Å². The number of aromatic nitrogens is 2. The Morgan fingerprint density at radius 2 is 1.97 bits per heavy atom. The molecule has 4 aromatic rings. The second-order valence-corrected chi connectivity index (χ2v) is 7.37. The van der Waals surface area contributed by atoms with Gasteiger partial charge in [-0.15, -0.1) is 0 Å². The van der Waals surface area contributed by atoms with Crippen LogP contribution in [-0.4, -0.2) is 34.6 Å². The van der Waals surface area contributed by atoms with E-state index in [1.54, 1.807) is 61.8 Å². The first-order chi connectivity index (χ1) is 16.1. The van der Waals surface area contributed by atoms with Crippen LogP contribution in [0.25, 0.3) is 11.4 Å². The van der Waals surface area contributed by atoms with Gasteiger partial charge in [0.25, 0.3) is 5.91 Å². The molecular weight excluding hydrogens is 427 g/mol. The van der Waals surface area contributed by atoms with Gasteiger partial charge in [-0.2, -0.15) is 0 Å². The van der Waals surface area contributed by atoms with E-state index in [-0.39, 0.29) is 36.3 Å². The third kappa shape index (κ3) is 4.20. The lowest BCUT2D eigenvalue weighted by Gasteiger charge is -2.18. The fourth-order valence-electron chi connectivity index (χ4n) is 3.41. The van der Waals surface area contributed by atoms with Gasteiger partial charge in [-0.05, 0) is 42.5 Å². The molecule has 2 aromatic carbocycles. The zero-order valence-electron chi connectivity index (χ0n) is 17.6. The second kappa shape index (κ2) is 8.62. The topological polar surface area (TPSA) is 89.7 Å². The molecule has 0 aliphatic carbocycles. The van der Waals surface area contributed by atoms with Crippen molar-refractivity contribution in [2.24, 2.45) is 0 Å². The maximum absolute atomic E-state index is 14.3. The number of ether oxygens (including phenoxy) is 2. The highest BCUT2D eigenvalue weighted by molar-refractivity contribution is 5.99. The van der Waals surface area contributed by atoms with Gasteiger partial charge >= 0.3 is 0 Å². The summed E-state index contributed by atoms with van der Waals surface area (Å²) in [6, 6.07) is 15.0. The molecule has 3 heterocycles. The van der Waals surface area contributed by atoms with E-state index < -0.39 is 5.82 Å². The van der Waals surface area contributed by atoms with Crippen LogP contribution >= 0.6 is 0 Å². The number of benzene rings is 2. The van der Waals surface area contributed by atoms with E-state index in [2.05, 4.69) is 15.3 Å². The highest BCUT2D eigenvalue weighted by Gasteiger charge is 2.22. The van der Waals surface area contributed by atoms with Gasteiger partial charge in [0.1, 0.15) is 23.0 Å². The molecule has 0 radical (unpaired) electrons. The summed E-state index contributed by atoms with van der Waals surface area (Å²) < 4.78 is 30.5. The van der Waals surface area contributed by atoms with Crippen molar-refractivity contribution in [1.82, 2.24) is 14.9 Å². The molecule has 0 bridgehead atoms. The first-order valence-electron chi connectivity index (χ1n) is 10.1. The molecule has 9 heteroatoms. The molecule has 0 saturated carbocycles. The number of rotatable bonds is 6. The lowest BCUT2D eigenvalue weighted by atomic mass is 10.1. The van der Waals surface area contributed by atoms with E-state index in [0.717, 1.165) is 0 Å². The Balaban J connectivity index is 1.52. The SMILES string of the molecule is CN(Cc1ccco1)C(=O)c1cnc(-c2ccc3c(c2)OCO3)nc1Nc1ccccc1F. The Morgan fingerprint density at radius 1 is 1.12 bits per heavy atom. The van der Waals surface area contributed by atoms with Crippen molar-refractivity contribution in [2.75, 3.05) is 19.2 Å². The molecule has 5 rings (SSSR count). The maximum Gasteiger partial charge on any atom is 0.259 e. The van der Waals surface area contributed by atoms with Gasteiger partial charge in [-0.25, -0.2) is 14.4 Å². The number of amides is 1. The third-order valence-electron chi connectivity index (χ3n) is 5.10. The molecule has 33 heavy (non-hydrogen) atoms. The lowest BCUT2D eigenvalue weighted by molar-refractivity contribution is 0.0775. The van der Waals surface area contributed by atoms with E-state index in [1.165, 1.54) is 17.2 Å². The number of halogens is 1. The highest BCUT2D eigenvalue weighted by atomic mass is 19.1. The summed E-state index contributed by atoms with van der Waals surface area (Å²) in [6.07, 6.45) is 2.97. The van der Waals surface area contributed by atoms with Crippen LogP contribution in [0, 0.1) is 5.82 Å². The summed E-state index contributed by atoms with van der Waals surface area (Å²) in [6.45, 7) is 0.407. The minimum atomic E-state index is -0.469. The number of anilines is 2. The summed E-state index contributed by atoms with van der Waals surface area (Å²) in [5.74, 6) is 1.56. The van der Waals surface area contributed by atoms with Crippen molar-refractivity contribution in [3.05, 3.63) is 84.2 Å². The molecule has 0 spiro atoms. The van der Waals surface area contributed by atoms with Gasteiger partial charge < -0.3 is 24.1 Å². The minimum Gasteiger partial charge on any atom is -0.467 e. The Kier molecular flexibility index (Phi) is 5.35. The van der Waals surface area contributed by atoms with Crippen LogP contribution in [0.1, 0.15) is 16.1 Å².